The molecule has 1 aromatic rings. The molecule has 1 N–H and O–H groups in total. The van der Waals surface area contributed by atoms with E-state index in [-0.39, 0.29) is 0 Å². The highest BCUT2D eigenvalue weighted by molar-refractivity contribution is 5.14. The van der Waals surface area contributed by atoms with Gasteiger partial charge >= 0.3 is 0 Å². The van der Waals surface area contributed by atoms with Crippen molar-refractivity contribution in [3.63, 3.8) is 0 Å². The molecule has 1 saturated heterocycles. The molecule has 0 aromatic heterocycles. The van der Waals surface area contributed by atoms with Crippen molar-refractivity contribution >= 4 is 0 Å². The number of hydrogen-bond acceptors (Lipinski definition) is 3. The minimum atomic E-state index is 0.977. The van der Waals surface area contributed by atoms with Gasteiger partial charge in [0.05, 0.1) is 6.67 Å². The van der Waals surface area contributed by atoms with Gasteiger partial charge in [0, 0.05) is 13.6 Å². The molecule has 1 aliphatic rings. The van der Waals surface area contributed by atoms with Gasteiger partial charge in [0.1, 0.15) is 0 Å². The van der Waals surface area contributed by atoms with Crippen molar-refractivity contribution in [3.8, 4) is 0 Å². The Morgan fingerprint density at radius 1 is 1.33 bits per heavy atom. The molecule has 2 rings (SSSR count). The summed E-state index contributed by atoms with van der Waals surface area (Å²) < 4.78 is 0. The van der Waals surface area contributed by atoms with Crippen molar-refractivity contribution < 1.29 is 0 Å². The first kappa shape index (κ1) is 7.73. The standard InChI is InChI=1S/C9H13N3/c1-11-8-12(10-11)7-9-5-3-2-4-6-9/h2-6,10H,7-8H2,1H3. The van der Waals surface area contributed by atoms with Gasteiger partial charge < -0.3 is 0 Å². The Kier molecular flexibility index (Phi) is 2.08. The molecule has 1 aliphatic heterocycles. The SMILES string of the molecule is CN1CN(Cc2ccccc2)N1. The van der Waals surface area contributed by atoms with E-state index in [1.807, 2.05) is 18.1 Å². The molecule has 1 heterocycles. The average Bonchev–Trinajstić information content (AvgIpc) is 2.04. The molecule has 3 heteroatoms. The maximum Gasteiger partial charge on any atom is 0.0809 e. The highest BCUT2D eigenvalue weighted by Gasteiger charge is 2.18. The van der Waals surface area contributed by atoms with Crippen LogP contribution in [0.2, 0.25) is 0 Å². The lowest BCUT2D eigenvalue weighted by Crippen LogP contribution is -2.63. The first-order valence-corrected chi connectivity index (χ1v) is 4.11. The van der Waals surface area contributed by atoms with Gasteiger partial charge in [-0.3, -0.25) is 0 Å². The second-order valence-electron chi connectivity index (χ2n) is 3.12. The third-order valence-corrected chi connectivity index (χ3v) is 1.91. The zero-order valence-corrected chi connectivity index (χ0v) is 7.20. The summed E-state index contributed by atoms with van der Waals surface area (Å²) in [6.07, 6.45) is 0. The van der Waals surface area contributed by atoms with E-state index in [4.69, 9.17) is 0 Å². The van der Waals surface area contributed by atoms with Crippen LogP contribution >= 0.6 is 0 Å². The summed E-state index contributed by atoms with van der Waals surface area (Å²) in [6.45, 7) is 1.97. The Bertz CT molecular complexity index is 241. The van der Waals surface area contributed by atoms with Gasteiger partial charge in [0.15, 0.2) is 0 Å². The van der Waals surface area contributed by atoms with Crippen LogP contribution in [0, 0.1) is 0 Å². The smallest absolute Gasteiger partial charge is 0.0809 e. The number of hydrogen-bond donors (Lipinski definition) is 1. The minimum absolute atomic E-state index is 0.977. The Labute approximate surface area is 72.5 Å². The largest absolute Gasteiger partial charge is 0.218 e. The quantitative estimate of drug-likeness (QED) is 0.696. The summed E-state index contributed by atoms with van der Waals surface area (Å²) in [7, 11) is 2.03. The predicted molar refractivity (Wildman–Crippen MR) is 47.8 cm³/mol. The van der Waals surface area contributed by atoms with Crippen LogP contribution in [-0.2, 0) is 6.54 Å². The van der Waals surface area contributed by atoms with E-state index in [0.29, 0.717) is 0 Å². The molecule has 0 atom stereocenters. The van der Waals surface area contributed by atoms with E-state index in [9.17, 15) is 0 Å². The average molecular weight is 163 g/mol. The molecular weight excluding hydrogens is 150 g/mol. The molecule has 0 aliphatic carbocycles. The van der Waals surface area contributed by atoms with Crippen LogP contribution in [-0.4, -0.2) is 23.7 Å². The zero-order valence-electron chi connectivity index (χ0n) is 7.20. The van der Waals surface area contributed by atoms with E-state index in [0.717, 1.165) is 13.2 Å². The van der Waals surface area contributed by atoms with Crippen LogP contribution in [0.15, 0.2) is 30.3 Å². The van der Waals surface area contributed by atoms with Crippen molar-refractivity contribution in [1.29, 1.82) is 0 Å². The predicted octanol–water partition coefficient (Wildman–Crippen LogP) is 0.811. The maximum absolute atomic E-state index is 3.16. The van der Waals surface area contributed by atoms with E-state index in [1.54, 1.807) is 0 Å². The highest BCUT2D eigenvalue weighted by atomic mass is 15.9. The van der Waals surface area contributed by atoms with Gasteiger partial charge in [-0.15, -0.1) is 0 Å². The number of nitrogens with one attached hydrogen (secondary N) is 1. The Morgan fingerprint density at radius 3 is 2.58 bits per heavy atom. The lowest BCUT2D eigenvalue weighted by Gasteiger charge is -2.40. The Hall–Kier alpha value is -0.900. The molecule has 1 fully saturated rings. The first-order chi connectivity index (χ1) is 5.84. The van der Waals surface area contributed by atoms with Gasteiger partial charge in [0.25, 0.3) is 0 Å². The van der Waals surface area contributed by atoms with Gasteiger partial charge in [-0.25, -0.2) is 10.0 Å². The summed E-state index contributed by atoms with van der Waals surface area (Å²) in [5, 5.41) is 4.21. The molecule has 0 unspecified atom stereocenters. The summed E-state index contributed by atoms with van der Waals surface area (Å²) in [4.78, 5) is 0. The molecule has 0 spiro atoms. The van der Waals surface area contributed by atoms with Crippen molar-refractivity contribution in [3.05, 3.63) is 35.9 Å². The molecule has 0 amide bonds. The van der Waals surface area contributed by atoms with Crippen molar-refractivity contribution in [2.45, 2.75) is 6.54 Å². The molecule has 0 radical (unpaired) electrons. The number of nitrogens with zero attached hydrogens (tertiary/aromatic N) is 2. The number of rotatable bonds is 2. The fourth-order valence-electron chi connectivity index (χ4n) is 1.37. The first-order valence-electron chi connectivity index (χ1n) is 4.11. The normalized spacial score (nSPS) is 19.1. The molecule has 64 valence electrons. The van der Waals surface area contributed by atoms with E-state index in [2.05, 4.69) is 34.8 Å². The van der Waals surface area contributed by atoms with E-state index in [1.165, 1.54) is 5.56 Å². The van der Waals surface area contributed by atoms with Gasteiger partial charge in [-0.2, -0.15) is 5.53 Å². The van der Waals surface area contributed by atoms with Crippen LogP contribution < -0.4 is 5.53 Å². The van der Waals surface area contributed by atoms with Crippen LogP contribution in [0.1, 0.15) is 5.56 Å². The molecule has 12 heavy (non-hydrogen) atoms. The molecular formula is C9H13N3. The fraction of sp³-hybridized carbons (Fsp3) is 0.333. The van der Waals surface area contributed by atoms with Crippen molar-refractivity contribution in [1.82, 2.24) is 15.6 Å². The third kappa shape index (κ3) is 1.64. The fourth-order valence-corrected chi connectivity index (χ4v) is 1.37. The van der Waals surface area contributed by atoms with E-state index >= 15 is 0 Å². The topological polar surface area (TPSA) is 18.5 Å². The van der Waals surface area contributed by atoms with E-state index < -0.39 is 0 Å². The van der Waals surface area contributed by atoms with Crippen LogP contribution in [0.4, 0.5) is 0 Å². The zero-order chi connectivity index (χ0) is 8.39. The second kappa shape index (κ2) is 3.23. The molecule has 0 saturated carbocycles. The van der Waals surface area contributed by atoms with Crippen LogP contribution in [0.3, 0.4) is 0 Å². The monoisotopic (exact) mass is 163 g/mol. The van der Waals surface area contributed by atoms with Crippen molar-refractivity contribution in [2.75, 3.05) is 13.7 Å². The number of hydrazine groups is 2. The summed E-state index contributed by atoms with van der Waals surface area (Å²) in [5.41, 5.74) is 4.50. The lowest BCUT2D eigenvalue weighted by molar-refractivity contribution is -0.120. The number of benzene rings is 1. The molecule has 3 nitrogen and oxygen atoms in total. The highest BCUT2D eigenvalue weighted by Crippen LogP contribution is 2.06. The third-order valence-electron chi connectivity index (χ3n) is 1.91. The van der Waals surface area contributed by atoms with Gasteiger partial charge in [-0.05, 0) is 5.56 Å². The van der Waals surface area contributed by atoms with Crippen molar-refractivity contribution in [2.24, 2.45) is 0 Å². The second-order valence-corrected chi connectivity index (χ2v) is 3.12. The van der Waals surface area contributed by atoms with Gasteiger partial charge in [-0.1, -0.05) is 30.3 Å². The molecule has 0 bridgehead atoms. The Morgan fingerprint density at radius 2 is 2.00 bits per heavy atom. The summed E-state index contributed by atoms with van der Waals surface area (Å²) in [5.74, 6) is 0. The summed E-state index contributed by atoms with van der Waals surface area (Å²) in [6, 6.07) is 10.5. The van der Waals surface area contributed by atoms with Gasteiger partial charge in [0.2, 0.25) is 0 Å². The lowest BCUT2D eigenvalue weighted by atomic mass is 10.2. The minimum Gasteiger partial charge on any atom is -0.218 e. The Balaban J connectivity index is 1.88. The molecule has 1 aromatic carbocycles. The van der Waals surface area contributed by atoms with Crippen LogP contribution in [0.5, 0.6) is 0 Å². The summed E-state index contributed by atoms with van der Waals surface area (Å²) >= 11 is 0. The maximum atomic E-state index is 3.16. The van der Waals surface area contributed by atoms with Crippen LogP contribution in [0.25, 0.3) is 0 Å².